The first kappa shape index (κ1) is 13.5. The summed E-state index contributed by atoms with van der Waals surface area (Å²) in [6.45, 7) is 5.20. The molecule has 0 aliphatic heterocycles. The molecule has 1 aromatic heterocycles. The number of aliphatic hydroxyl groups excluding tert-OH is 1. The minimum Gasteiger partial charge on any atom is -0.394 e. The molecule has 0 aliphatic rings. The molecule has 3 N–H and O–H groups in total. The van der Waals surface area contributed by atoms with E-state index in [0.29, 0.717) is 0 Å². The number of imidazole rings is 1. The summed E-state index contributed by atoms with van der Waals surface area (Å²) in [5.74, 6) is 1.02. The molecule has 0 amide bonds. The Labute approximate surface area is 101 Å². The highest BCUT2D eigenvalue weighted by Gasteiger charge is 2.20. The van der Waals surface area contributed by atoms with Crippen LogP contribution >= 0.6 is 11.8 Å². The molecule has 1 atom stereocenters. The van der Waals surface area contributed by atoms with Gasteiger partial charge in [-0.1, -0.05) is 18.7 Å². The van der Waals surface area contributed by atoms with Crippen molar-refractivity contribution in [3.05, 3.63) is 12.4 Å². The van der Waals surface area contributed by atoms with E-state index in [1.807, 2.05) is 6.20 Å². The molecule has 0 fully saturated rings. The van der Waals surface area contributed by atoms with E-state index >= 15 is 0 Å². The molecule has 4 nitrogen and oxygen atoms in total. The third-order valence-electron chi connectivity index (χ3n) is 2.54. The van der Waals surface area contributed by atoms with E-state index in [9.17, 15) is 5.11 Å². The highest BCUT2D eigenvalue weighted by molar-refractivity contribution is 7.99. The second-order valence-corrected chi connectivity index (χ2v) is 5.18. The number of aromatic nitrogens is 2. The molecule has 0 spiro atoms. The molecular formula is C11H21N3OS. The van der Waals surface area contributed by atoms with Crippen molar-refractivity contribution in [2.75, 3.05) is 18.9 Å². The van der Waals surface area contributed by atoms with Gasteiger partial charge in [0.05, 0.1) is 6.61 Å². The van der Waals surface area contributed by atoms with Gasteiger partial charge in [0.25, 0.3) is 0 Å². The minimum absolute atomic E-state index is 0.140. The van der Waals surface area contributed by atoms with Crippen molar-refractivity contribution >= 4 is 11.8 Å². The Morgan fingerprint density at radius 1 is 1.62 bits per heavy atom. The highest BCUT2D eigenvalue weighted by atomic mass is 32.2. The van der Waals surface area contributed by atoms with Crippen LogP contribution in [0.5, 0.6) is 0 Å². The number of hydrogen-bond acceptors (Lipinski definition) is 4. The van der Waals surface area contributed by atoms with E-state index < -0.39 is 0 Å². The van der Waals surface area contributed by atoms with Gasteiger partial charge in [-0.05, 0) is 26.3 Å². The molecule has 5 heteroatoms. The van der Waals surface area contributed by atoms with Crippen LogP contribution in [0, 0.1) is 0 Å². The van der Waals surface area contributed by atoms with E-state index in [0.717, 1.165) is 30.3 Å². The van der Waals surface area contributed by atoms with Crippen molar-refractivity contribution in [2.24, 2.45) is 0 Å². The maximum atomic E-state index is 9.31. The molecule has 1 heterocycles. The van der Waals surface area contributed by atoms with Crippen LogP contribution < -0.4 is 5.32 Å². The van der Waals surface area contributed by atoms with Gasteiger partial charge in [-0.2, -0.15) is 0 Å². The summed E-state index contributed by atoms with van der Waals surface area (Å²) < 4.78 is 0. The van der Waals surface area contributed by atoms with E-state index in [1.54, 1.807) is 18.0 Å². The molecule has 0 bridgehead atoms. The number of aliphatic hydroxyl groups is 1. The molecule has 0 saturated heterocycles. The fraction of sp³-hybridized carbons (Fsp3) is 0.727. The molecule has 1 unspecified atom stereocenters. The van der Waals surface area contributed by atoms with Gasteiger partial charge in [-0.15, -0.1) is 0 Å². The number of thioether (sulfide) groups is 1. The predicted octanol–water partition coefficient (Wildman–Crippen LogP) is 1.64. The largest absolute Gasteiger partial charge is 0.394 e. The lowest BCUT2D eigenvalue weighted by molar-refractivity contribution is 0.167. The molecule has 92 valence electrons. The Kier molecular flexibility index (Phi) is 5.87. The molecule has 0 aliphatic carbocycles. The van der Waals surface area contributed by atoms with E-state index in [-0.39, 0.29) is 12.1 Å². The van der Waals surface area contributed by atoms with Gasteiger partial charge in [0.2, 0.25) is 0 Å². The first-order valence-corrected chi connectivity index (χ1v) is 6.67. The van der Waals surface area contributed by atoms with Gasteiger partial charge in [-0.25, -0.2) is 4.98 Å². The second-order valence-electron chi connectivity index (χ2n) is 4.10. The standard InChI is InChI=1S/C11H21N3OS/c1-3-14-11(2,9-15)5-4-8-16-10-12-6-7-13-10/h6-7,14-15H,3-5,8-9H2,1-2H3,(H,12,13). The summed E-state index contributed by atoms with van der Waals surface area (Å²) in [5, 5.41) is 13.6. The first-order chi connectivity index (χ1) is 7.70. The Hall–Kier alpha value is -0.520. The summed E-state index contributed by atoms with van der Waals surface area (Å²) in [6.07, 6.45) is 5.64. The zero-order chi connectivity index (χ0) is 11.9. The van der Waals surface area contributed by atoms with Gasteiger partial charge in [0.15, 0.2) is 5.16 Å². The fourth-order valence-corrected chi connectivity index (χ4v) is 2.38. The highest BCUT2D eigenvalue weighted by Crippen LogP contribution is 2.18. The molecule has 0 aromatic carbocycles. The zero-order valence-corrected chi connectivity index (χ0v) is 10.8. The molecule has 1 aromatic rings. The van der Waals surface area contributed by atoms with Crippen molar-refractivity contribution in [1.29, 1.82) is 0 Å². The number of rotatable bonds is 8. The number of nitrogens with one attached hydrogen (secondary N) is 2. The number of hydrogen-bond donors (Lipinski definition) is 3. The SMILES string of the molecule is CCNC(C)(CO)CCCSc1ncc[nH]1. The Morgan fingerprint density at radius 3 is 3.00 bits per heavy atom. The number of aromatic amines is 1. The van der Waals surface area contributed by atoms with Gasteiger partial charge in [-0.3, -0.25) is 0 Å². The van der Waals surface area contributed by atoms with E-state index in [1.165, 1.54) is 0 Å². The predicted molar refractivity (Wildman–Crippen MR) is 67.7 cm³/mol. The van der Waals surface area contributed by atoms with Gasteiger partial charge < -0.3 is 15.4 Å². The van der Waals surface area contributed by atoms with Crippen LogP contribution in [0.25, 0.3) is 0 Å². The lowest BCUT2D eigenvalue weighted by Crippen LogP contribution is -2.45. The monoisotopic (exact) mass is 243 g/mol. The second kappa shape index (κ2) is 6.93. The van der Waals surface area contributed by atoms with Crippen molar-refractivity contribution in [1.82, 2.24) is 15.3 Å². The third kappa shape index (κ3) is 4.55. The molecule has 0 saturated carbocycles. The summed E-state index contributed by atoms with van der Waals surface area (Å²) in [5.41, 5.74) is -0.140. The van der Waals surface area contributed by atoms with Crippen LogP contribution in [-0.4, -0.2) is 39.5 Å². The van der Waals surface area contributed by atoms with Crippen LogP contribution in [-0.2, 0) is 0 Å². The number of nitrogens with zero attached hydrogens (tertiary/aromatic N) is 1. The van der Waals surface area contributed by atoms with E-state index in [2.05, 4.69) is 29.1 Å². The number of likely N-dealkylation sites (N-methyl/N-ethyl adjacent to an activating group) is 1. The van der Waals surface area contributed by atoms with Crippen LogP contribution in [0.15, 0.2) is 17.6 Å². The summed E-state index contributed by atoms with van der Waals surface area (Å²) in [6, 6.07) is 0. The van der Waals surface area contributed by atoms with Crippen LogP contribution in [0.3, 0.4) is 0 Å². The summed E-state index contributed by atoms with van der Waals surface area (Å²) >= 11 is 1.72. The summed E-state index contributed by atoms with van der Waals surface area (Å²) in [7, 11) is 0. The quantitative estimate of drug-likeness (QED) is 0.480. The Bertz CT molecular complexity index is 279. The first-order valence-electron chi connectivity index (χ1n) is 5.68. The van der Waals surface area contributed by atoms with E-state index in [4.69, 9.17) is 0 Å². The third-order valence-corrected chi connectivity index (χ3v) is 3.53. The average Bonchev–Trinajstić information content (AvgIpc) is 2.78. The van der Waals surface area contributed by atoms with Crippen LogP contribution in [0.1, 0.15) is 26.7 Å². The van der Waals surface area contributed by atoms with Crippen molar-refractivity contribution < 1.29 is 5.11 Å². The molecule has 0 radical (unpaired) electrons. The Balaban J connectivity index is 2.18. The van der Waals surface area contributed by atoms with Gasteiger partial charge >= 0.3 is 0 Å². The van der Waals surface area contributed by atoms with Crippen molar-refractivity contribution in [2.45, 2.75) is 37.4 Å². The minimum atomic E-state index is -0.140. The number of H-pyrrole nitrogens is 1. The molecular weight excluding hydrogens is 222 g/mol. The molecule has 16 heavy (non-hydrogen) atoms. The van der Waals surface area contributed by atoms with Crippen LogP contribution in [0.4, 0.5) is 0 Å². The maximum Gasteiger partial charge on any atom is 0.165 e. The van der Waals surface area contributed by atoms with Crippen LogP contribution in [0.2, 0.25) is 0 Å². The summed E-state index contributed by atoms with van der Waals surface area (Å²) in [4.78, 5) is 7.21. The van der Waals surface area contributed by atoms with Crippen molar-refractivity contribution in [3.8, 4) is 0 Å². The molecule has 1 rings (SSSR count). The smallest absolute Gasteiger partial charge is 0.165 e. The van der Waals surface area contributed by atoms with Gasteiger partial charge in [0.1, 0.15) is 0 Å². The average molecular weight is 243 g/mol. The topological polar surface area (TPSA) is 60.9 Å². The Morgan fingerprint density at radius 2 is 2.44 bits per heavy atom. The van der Waals surface area contributed by atoms with Gasteiger partial charge in [0, 0.05) is 23.7 Å². The lowest BCUT2D eigenvalue weighted by atomic mass is 9.97. The maximum absolute atomic E-state index is 9.31. The normalized spacial score (nSPS) is 14.9. The van der Waals surface area contributed by atoms with Crippen molar-refractivity contribution in [3.63, 3.8) is 0 Å². The fourth-order valence-electron chi connectivity index (χ4n) is 1.61. The zero-order valence-electron chi connectivity index (χ0n) is 9.99. The lowest BCUT2D eigenvalue weighted by Gasteiger charge is -2.28.